The normalized spacial score (nSPS) is 18.5. The van der Waals surface area contributed by atoms with Crippen molar-refractivity contribution in [1.82, 2.24) is 4.90 Å². The molecule has 0 spiro atoms. The molecule has 0 bridgehead atoms. The Morgan fingerprint density at radius 3 is 2.65 bits per heavy atom. The highest BCUT2D eigenvalue weighted by atomic mass is 35.5. The second kappa shape index (κ2) is 8.70. The average Bonchev–Trinajstić information content (AvgIpc) is 2.75. The van der Waals surface area contributed by atoms with E-state index < -0.39 is 16.7 Å². The molecule has 2 aromatic rings. The number of aryl methyl sites for hydroxylation is 1. The quantitative estimate of drug-likeness (QED) is 0.701. The zero-order valence-electron chi connectivity index (χ0n) is 17.1. The smallest absolute Gasteiger partial charge is 0.242 e. The van der Waals surface area contributed by atoms with Crippen LogP contribution in [-0.4, -0.2) is 48.9 Å². The molecule has 1 saturated heterocycles. The van der Waals surface area contributed by atoms with Crippen molar-refractivity contribution in [2.24, 2.45) is 0 Å². The molecule has 31 heavy (non-hydrogen) atoms. The van der Waals surface area contributed by atoms with Crippen molar-refractivity contribution in [2.75, 3.05) is 41.7 Å². The summed E-state index contributed by atoms with van der Waals surface area (Å²) in [5, 5.41) is 5.47. The van der Waals surface area contributed by atoms with E-state index in [4.69, 9.17) is 11.6 Å². The highest BCUT2D eigenvalue weighted by Crippen LogP contribution is 2.28. The lowest BCUT2D eigenvalue weighted by atomic mass is 10.0. The Hall–Kier alpha value is -2.87. The predicted octanol–water partition coefficient (Wildman–Crippen LogP) is 3.65. The zero-order valence-corrected chi connectivity index (χ0v) is 17.8. The predicted molar refractivity (Wildman–Crippen MR) is 117 cm³/mol. The van der Waals surface area contributed by atoms with Crippen LogP contribution in [0.3, 0.4) is 0 Å². The SMILES string of the molecule is C[C@@H]1CN(C(=O)CNc2ccc3c(c2)CCC(=O)N3)CCN1c1cc(F)c(Cl)c(F)c1. The number of carbonyl (C=O) groups is 2. The summed E-state index contributed by atoms with van der Waals surface area (Å²) in [7, 11) is 0. The van der Waals surface area contributed by atoms with E-state index in [1.165, 1.54) is 12.1 Å². The monoisotopic (exact) mass is 448 g/mol. The van der Waals surface area contributed by atoms with Crippen LogP contribution in [0.15, 0.2) is 30.3 Å². The maximum Gasteiger partial charge on any atom is 0.242 e. The lowest BCUT2D eigenvalue weighted by Crippen LogP contribution is -2.54. The van der Waals surface area contributed by atoms with E-state index in [1.54, 1.807) is 4.90 Å². The molecule has 2 heterocycles. The molecule has 4 rings (SSSR count). The standard InChI is InChI=1S/C22H23ClF2N4O2/c1-13-12-28(6-7-29(13)16-9-17(24)22(23)18(25)10-16)21(31)11-26-15-3-4-19-14(8-15)2-5-20(30)27-19/h3-4,8-10,13,26H,2,5-7,11-12H2,1H3,(H,27,30)/t13-/m1/s1. The number of rotatable bonds is 4. The van der Waals surface area contributed by atoms with Crippen LogP contribution in [0.2, 0.25) is 5.02 Å². The minimum absolute atomic E-state index is 0.0146. The minimum atomic E-state index is -0.795. The van der Waals surface area contributed by atoms with Crippen LogP contribution < -0.4 is 15.5 Å². The Balaban J connectivity index is 1.34. The Morgan fingerprint density at radius 2 is 1.94 bits per heavy atom. The van der Waals surface area contributed by atoms with E-state index >= 15 is 0 Å². The molecule has 0 aliphatic carbocycles. The van der Waals surface area contributed by atoms with Gasteiger partial charge in [-0.15, -0.1) is 0 Å². The summed E-state index contributed by atoms with van der Waals surface area (Å²) in [5.74, 6) is -1.63. The molecule has 2 aliphatic rings. The molecule has 0 unspecified atom stereocenters. The van der Waals surface area contributed by atoms with E-state index in [0.717, 1.165) is 16.9 Å². The number of hydrogen-bond acceptors (Lipinski definition) is 4. The second-order valence-electron chi connectivity index (χ2n) is 7.88. The molecule has 1 fully saturated rings. The Bertz CT molecular complexity index is 1010. The molecule has 0 radical (unpaired) electrons. The minimum Gasteiger partial charge on any atom is -0.376 e. The van der Waals surface area contributed by atoms with E-state index in [1.807, 2.05) is 30.0 Å². The molecule has 6 nitrogen and oxygen atoms in total. The largest absolute Gasteiger partial charge is 0.376 e. The highest BCUT2D eigenvalue weighted by molar-refractivity contribution is 6.31. The van der Waals surface area contributed by atoms with Gasteiger partial charge in [0.05, 0.1) is 6.54 Å². The number of fused-ring (bicyclic) bond motifs is 1. The first-order valence-electron chi connectivity index (χ1n) is 10.2. The van der Waals surface area contributed by atoms with Crippen molar-refractivity contribution in [1.29, 1.82) is 0 Å². The van der Waals surface area contributed by atoms with Crippen LogP contribution in [0, 0.1) is 11.6 Å². The number of benzene rings is 2. The van der Waals surface area contributed by atoms with Crippen LogP contribution in [0.4, 0.5) is 25.8 Å². The highest BCUT2D eigenvalue weighted by Gasteiger charge is 2.28. The van der Waals surface area contributed by atoms with E-state index in [9.17, 15) is 18.4 Å². The van der Waals surface area contributed by atoms with Gasteiger partial charge in [0.1, 0.15) is 16.7 Å². The fourth-order valence-corrected chi connectivity index (χ4v) is 4.17. The number of anilines is 3. The van der Waals surface area contributed by atoms with Crippen LogP contribution >= 0.6 is 11.6 Å². The molecule has 1 atom stereocenters. The third kappa shape index (κ3) is 4.58. The van der Waals surface area contributed by atoms with Gasteiger partial charge in [-0.2, -0.15) is 0 Å². The number of nitrogens with zero attached hydrogens (tertiary/aromatic N) is 2. The lowest BCUT2D eigenvalue weighted by molar-refractivity contribution is -0.130. The van der Waals surface area contributed by atoms with Crippen molar-refractivity contribution in [3.05, 3.63) is 52.6 Å². The average molecular weight is 449 g/mol. The van der Waals surface area contributed by atoms with E-state index in [2.05, 4.69) is 10.6 Å². The summed E-state index contributed by atoms with van der Waals surface area (Å²) in [4.78, 5) is 27.8. The summed E-state index contributed by atoms with van der Waals surface area (Å²) in [6.45, 7) is 3.42. The molecule has 2 aromatic carbocycles. The lowest BCUT2D eigenvalue weighted by Gasteiger charge is -2.41. The fourth-order valence-electron chi connectivity index (χ4n) is 4.06. The molecule has 0 saturated carbocycles. The summed E-state index contributed by atoms with van der Waals surface area (Å²) in [5.41, 5.74) is 3.09. The first-order valence-corrected chi connectivity index (χ1v) is 10.5. The van der Waals surface area contributed by atoms with Crippen LogP contribution in [-0.2, 0) is 16.0 Å². The van der Waals surface area contributed by atoms with Gasteiger partial charge in [0.25, 0.3) is 0 Å². The topological polar surface area (TPSA) is 64.7 Å². The molecular weight excluding hydrogens is 426 g/mol. The van der Waals surface area contributed by atoms with Crippen LogP contribution in [0.25, 0.3) is 0 Å². The summed E-state index contributed by atoms with van der Waals surface area (Å²) in [6.07, 6.45) is 1.13. The van der Waals surface area contributed by atoms with Gasteiger partial charge >= 0.3 is 0 Å². The van der Waals surface area contributed by atoms with Crippen molar-refractivity contribution in [3.8, 4) is 0 Å². The van der Waals surface area contributed by atoms with Gasteiger partial charge < -0.3 is 20.4 Å². The first kappa shape index (κ1) is 21.4. The number of amides is 2. The van der Waals surface area contributed by atoms with E-state index in [-0.39, 0.29) is 24.4 Å². The third-order valence-corrected chi connectivity index (χ3v) is 6.09. The van der Waals surface area contributed by atoms with Crippen LogP contribution in [0.5, 0.6) is 0 Å². The van der Waals surface area contributed by atoms with Gasteiger partial charge in [-0.1, -0.05) is 11.6 Å². The Labute approximate surface area is 184 Å². The molecule has 0 aromatic heterocycles. The fraction of sp³-hybridized carbons (Fsp3) is 0.364. The maximum absolute atomic E-state index is 13.8. The van der Waals surface area contributed by atoms with Crippen molar-refractivity contribution in [3.63, 3.8) is 0 Å². The van der Waals surface area contributed by atoms with Gasteiger partial charge in [-0.25, -0.2) is 8.78 Å². The first-order chi connectivity index (χ1) is 14.8. The van der Waals surface area contributed by atoms with Gasteiger partial charge in [0.15, 0.2) is 0 Å². The van der Waals surface area contributed by atoms with E-state index in [0.29, 0.717) is 38.2 Å². The van der Waals surface area contributed by atoms with Crippen LogP contribution in [0.1, 0.15) is 18.9 Å². The van der Waals surface area contributed by atoms with Gasteiger partial charge in [-0.05, 0) is 49.2 Å². The summed E-state index contributed by atoms with van der Waals surface area (Å²) >= 11 is 5.57. The molecule has 2 amide bonds. The second-order valence-corrected chi connectivity index (χ2v) is 8.26. The molecule has 9 heteroatoms. The number of carbonyl (C=O) groups excluding carboxylic acids is 2. The van der Waals surface area contributed by atoms with Gasteiger partial charge in [0.2, 0.25) is 11.8 Å². The number of nitrogens with one attached hydrogen (secondary N) is 2. The summed E-state index contributed by atoms with van der Waals surface area (Å²) < 4.78 is 27.6. The zero-order chi connectivity index (χ0) is 22.1. The van der Waals surface area contributed by atoms with Gasteiger partial charge in [-0.3, -0.25) is 9.59 Å². The molecule has 2 N–H and O–H groups in total. The number of hydrogen-bond donors (Lipinski definition) is 2. The molecule has 2 aliphatic heterocycles. The Kier molecular flexibility index (Phi) is 6.00. The summed E-state index contributed by atoms with van der Waals surface area (Å²) in [6, 6.07) is 7.96. The number of piperazine rings is 1. The maximum atomic E-state index is 13.8. The Morgan fingerprint density at radius 1 is 1.19 bits per heavy atom. The molecule has 164 valence electrons. The van der Waals surface area contributed by atoms with Gasteiger partial charge in [0, 0.05) is 49.2 Å². The third-order valence-electron chi connectivity index (χ3n) is 5.72. The van der Waals surface area contributed by atoms with Crippen molar-refractivity contribution >= 4 is 40.5 Å². The van der Waals surface area contributed by atoms with Crippen molar-refractivity contribution < 1.29 is 18.4 Å². The van der Waals surface area contributed by atoms with Crippen molar-refractivity contribution in [2.45, 2.75) is 25.8 Å². The number of halogens is 3. The molecular formula is C22H23ClF2N4O2.